The molecule has 1 aliphatic rings. The average molecular weight is 248 g/mol. The van der Waals surface area contributed by atoms with E-state index in [-0.39, 0.29) is 12.1 Å². The van der Waals surface area contributed by atoms with Gasteiger partial charge in [-0.05, 0) is 26.0 Å². The number of carbonyl (C=O) groups is 1. The van der Waals surface area contributed by atoms with E-state index in [9.17, 15) is 4.79 Å². The molecule has 0 spiro atoms. The summed E-state index contributed by atoms with van der Waals surface area (Å²) in [6, 6.07) is 10.3. The first kappa shape index (κ1) is 12.9. The molecule has 2 atom stereocenters. The Balaban J connectivity index is 1.86. The van der Waals surface area contributed by atoms with E-state index in [1.54, 1.807) is 4.90 Å². The average Bonchev–Trinajstić information content (AvgIpc) is 2.78. The molecule has 1 aromatic rings. The van der Waals surface area contributed by atoms with Crippen LogP contribution in [-0.2, 0) is 11.3 Å². The number of likely N-dealkylation sites (tertiary alicyclic amines) is 1. The van der Waals surface area contributed by atoms with E-state index in [0.29, 0.717) is 12.6 Å². The summed E-state index contributed by atoms with van der Waals surface area (Å²) < 4.78 is 5.33. The third-order valence-corrected chi connectivity index (χ3v) is 3.57. The van der Waals surface area contributed by atoms with Gasteiger partial charge in [-0.2, -0.15) is 0 Å². The van der Waals surface area contributed by atoms with Crippen molar-refractivity contribution in [3.8, 4) is 0 Å². The van der Waals surface area contributed by atoms with Crippen LogP contribution in [0.25, 0.3) is 0 Å². The highest BCUT2D eigenvalue weighted by Gasteiger charge is 2.33. The Hall–Kier alpha value is -1.55. The molecular formula is C14H20N2O2. The molecule has 1 fully saturated rings. The van der Waals surface area contributed by atoms with Crippen LogP contribution in [0.3, 0.4) is 0 Å². The monoisotopic (exact) mass is 248 g/mol. The lowest BCUT2D eigenvalue weighted by Gasteiger charge is -2.23. The van der Waals surface area contributed by atoms with Gasteiger partial charge in [-0.15, -0.1) is 0 Å². The molecule has 0 aliphatic carbocycles. The standard InChI is InChI=1S/C14H20N2O2/c1-11-13(15-2)8-9-16(11)14(17)18-10-12-6-4-3-5-7-12/h3-7,11,13,15H,8-10H2,1-2H3. The summed E-state index contributed by atoms with van der Waals surface area (Å²) in [6.07, 6.45) is 0.766. The third-order valence-electron chi connectivity index (χ3n) is 3.57. The number of carbonyl (C=O) groups excluding carboxylic acids is 1. The maximum absolute atomic E-state index is 12.0. The van der Waals surface area contributed by atoms with Gasteiger partial charge >= 0.3 is 6.09 Å². The normalized spacial score (nSPS) is 23.1. The quantitative estimate of drug-likeness (QED) is 0.889. The molecule has 4 heteroatoms. The Bertz CT molecular complexity index is 394. The highest BCUT2D eigenvalue weighted by atomic mass is 16.6. The molecule has 1 aromatic carbocycles. The largest absolute Gasteiger partial charge is 0.445 e. The number of benzene rings is 1. The van der Waals surface area contributed by atoms with E-state index >= 15 is 0 Å². The fourth-order valence-corrected chi connectivity index (χ4v) is 2.39. The molecule has 18 heavy (non-hydrogen) atoms. The van der Waals surface area contributed by atoms with Gasteiger partial charge in [-0.3, -0.25) is 0 Å². The smallest absolute Gasteiger partial charge is 0.410 e. The number of ether oxygens (including phenoxy) is 1. The van der Waals surface area contributed by atoms with Gasteiger partial charge in [0.05, 0.1) is 0 Å². The minimum atomic E-state index is -0.218. The van der Waals surface area contributed by atoms with Crippen molar-refractivity contribution in [1.82, 2.24) is 10.2 Å². The first-order chi connectivity index (χ1) is 8.72. The van der Waals surface area contributed by atoms with Crippen LogP contribution in [0.5, 0.6) is 0 Å². The summed E-state index contributed by atoms with van der Waals surface area (Å²) in [4.78, 5) is 13.8. The topological polar surface area (TPSA) is 41.6 Å². The number of nitrogens with one attached hydrogen (secondary N) is 1. The number of likely N-dealkylation sites (N-methyl/N-ethyl adjacent to an activating group) is 1. The number of hydrogen-bond donors (Lipinski definition) is 1. The van der Waals surface area contributed by atoms with Crippen LogP contribution < -0.4 is 5.32 Å². The van der Waals surface area contributed by atoms with Gasteiger partial charge in [0.1, 0.15) is 6.61 Å². The van der Waals surface area contributed by atoms with E-state index in [2.05, 4.69) is 12.2 Å². The van der Waals surface area contributed by atoms with Crippen LogP contribution in [0.4, 0.5) is 4.79 Å². The van der Waals surface area contributed by atoms with Gasteiger partial charge in [0.15, 0.2) is 0 Å². The highest BCUT2D eigenvalue weighted by molar-refractivity contribution is 5.68. The molecule has 2 rings (SSSR count). The van der Waals surface area contributed by atoms with Gasteiger partial charge in [-0.25, -0.2) is 4.79 Å². The van der Waals surface area contributed by atoms with E-state index in [4.69, 9.17) is 4.74 Å². The number of hydrogen-bond acceptors (Lipinski definition) is 3. The summed E-state index contributed by atoms with van der Waals surface area (Å²) in [5.74, 6) is 0. The Labute approximate surface area is 108 Å². The maximum atomic E-state index is 12.0. The van der Waals surface area contributed by atoms with E-state index in [1.807, 2.05) is 37.4 Å². The van der Waals surface area contributed by atoms with Gasteiger partial charge in [0.2, 0.25) is 0 Å². The minimum Gasteiger partial charge on any atom is -0.445 e. The molecule has 0 radical (unpaired) electrons. The summed E-state index contributed by atoms with van der Waals surface area (Å²) >= 11 is 0. The second-order valence-corrected chi connectivity index (χ2v) is 4.66. The van der Waals surface area contributed by atoms with Crippen LogP contribution in [0, 0.1) is 0 Å². The SMILES string of the molecule is CNC1CCN(C(=O)OCc2ccccc2)C1C. The molecule has 1 amide bonds. The lowest BCUT2D eigenvalue weighted by molar-refractivity contribution is 0.0927. The van der Waals surface area contributed by atoms with Crippen molar-refractivity contribution in [3.05, 3.63) is 35.9 Å². The maximum Gasteiger partial charge on any atom is 0.410 e. The Morgan fingerprint density at radius 1 is 1.44 bits per heavy atom. The second kappa shape index (κ2) is 5.87. The lowest BCUT2D eigenvalue weighted by atomic mass is 10.1. The van der Waals surface area contributed by atoms with Crippen molar-refractivity contribution in [2.24, 2.45) is 0 Å². The molecule has 0 aromatic heterocycles. The predicted octanol–water partition coefficient (Wildman–Crippen LogP) is 2.01. The van der Waals surface area contributed by atoms with Crippen molar-refractivity contribution in [2.75, 3.05) is 13.6 Å². The highest BCUT2D eigenvalue weighted by Crippen LogP contribution is 2.18. The second-order valence-electron chi connectivity index (χ2n) is 4.66. The lowest BCUT2D eigenvalue weighted by Crippen LogP contribution is -2.41. The van der Waals surface area contributed by atoms with Crippen LogP contribution in [0.15, 0.2) is 30.3 Å². The van der Waals surface area contributed by atoms with Crippen LogP contribution in [-0.4, -0.2) is 36.7 Å². The van der Waals surface area contributed by atoms with Crippen molar-refractivity contribution in [2.45, 2.75) is 32.0 Å². The van der Waals surface area contributed by atoms with Crippen molar-refractivity contribution in [1.29, 1.82) is 0 Å². The van der Waals surface area contributed by atoms with E-state index in [1.165, 1.54) is 0 Å². The Morgan fingerprint density at radius 3 is 2.78 bits per heavy atom. The van der Waals surface area contributed by atoms with Crippen molar-refractivity contribution >= 4 is 6.09 Å². The van der Waals surface area contributed by atoms with Crippen LogP contribution in [0.2, 0.25) is 0 Å². The van der Waals surface area contributed by atoms with Crippen LogP contribution >= 0.6 is 0 Å². The molecule has 1 N–H and O–H groups in total. The van der Waals surface area contributed by atoms with Gasteiger partial charge in [-0.1, -0.05) is 30.3 Å². The number of rotatable bonds is 3. The third kappa shape index (κ3) is 2.82. The molecule has 1 saturated heterocycles. The van der Waals surface area contributed by atoms with Crippen LogP contribution in [0.1, 0.15) is 18.9 Å². The van der Waals surface area contributed by atoms with Crippen molar-refractivity contribution in [3.63, 3.8) is 0 Å². The molecular weight excluding hydrogens is 228 g/mol. The summed E-state index contributed by atoms with van der Waals surface area (Å²) in [5, 5.41) is 3.22. The molecule has 0 bridgehead atoms. The fraction of sp³-hybridized carbons (Fsp3) is 0.500. The molecule has 0 saturated carbocycles. The van der Waals surface area contributed by atoms with E-state index in [0.717, 1.165) is 18.5 Å². The molecule has 2 unspecified atom stereocenters. The zero-order valence-corrected chi connectivity index (χ0v) is 10.9. The predicted molar refractivity (Wildman–Crippen MR) is 70.3 cm³/mol. The van der Waals surface area contributed by atoms with Crippen molar-refractivity contribution < 1.29 is 9.53 Å². The molecule has 98 valence electrons. The summed E-state index contributed by atoms with van der Waals surface area (Å²) in [5.41, 5.74) is 1.02. The molecule has 4 nitrogen and oxygen atoms in total. The first-order valence-electron chi connectivity index (χ1n) is 6.37. The molecule has 1 heterocycles. The number of amides is 1. The fourth-order valence-electron chi connectivity index (χ4n) is 2.39. The minimum absolute atomic E-state index is 0.193. The van der Waals surface area contributed by atoms with E-state index < -0.39 is 0 Å². The molecule has 1 aliphatic heterocycles. The zero-order chi connectivity index (χ0) is 13.0. The van der Waals surface area contributed by atoms with Gasteiger partial charge < -0.3 is 15.0 Å². The number of nitrogens with zero attached hydrogens (tertiary/aromatic N) is 1. The summed E-state index contributed by atoms with van der Waals surface area (Å²) in [6.45, 7) is 3.16. The van der Waals surface area contributed by atoms with Gasteiger partial charge in [0.25, 0.3) is 0 Å². The Morgan fingerprint density at radius 2 is 2.17 bits per heavy atom. The Kier molecular flexibility index (Phi) is 4.20. The first-order valence-corrected chi connectivity index (χ1v) is 6.37. The van der Waals surface area contributed by atoms with Gasteiger partial charge in [0, 0.05) is 18.6 Å². The summed E-state index contributed by atoms with van der Waals surface area (Å²) in [7, 11) is 1.93. The zero-order valence-electron chi connectivity index (χ0n) is 10.9.